The number of aryl methyl sites for hydroxylation is 1. The number of aromatic nitrogens is 4. The Kier molecular flexibility index (Phi) is 5.48. The number of nitrogens with one attached hydrogen (secondary N) is 2. The van der Waals surface area contributed by atoms with Gasteiger partial charge in [-0.25, -0.2) is 4.98 Å². The van der Waals surface area contributed by atoms with Crippen molar-refractivity contribution >= 4 is 23.3 Å². The smallest absolute Gasteiger partial charge is 0.255 e. The summed E-state index contributed by atoms with van der Waals surface area (Å²) in [5, 5.41) is 7.47. The molecule has 10 nitrogen and oxygen atoms in total. The first-order valence-corrected chi connectivity index (χ1v) is 12.0. The first kappa shape index (κ1) is 22.0. The highest BCUT2D eigenvalue weighted by Gasteiger charge is 2.35. The van der Waals surface area contributed by atoms with E-state index in [9.17, 15) is 14.4 Å². The molecule has 4 aromatic rings. The van der Waals surface area contributed by atoms with Gasteiger partial charge in [-0.3, -0.25) is 19.4 Å². The van der Waals surface area contributed by atoms with Crippen molar-refractivity contribution < 1.29 is 14.0 Å². The normalized spacial score (nSPS) is 17.3. The van der Waals surface area contributed by atoms with E-state index in [2.05, 4.69) is 20.4 Å². The van der Waals surface area contributed by atoms with Gasteiger partial charge in [0.15, 0.2) is 5.76 Å². The summed E-state index contributed by atoms with van der Waals surface area (Å²) in [6.45, 7) is 0.280. The highest BCUT2D eigenvalue weighted by Crippen LogP contribution is 2.28. The van der Waals surface area contributed by atoms with Crippen LogP contribution in [0, 0.1) is 5.92 Å². The predicted octanol–water partition coefficient (Wildman–Crippen LogP) is 3.09. The van der Waals surface area contributed by atoms with Crippen molar-refractivity contribution in [2.45, 2.75) is 32.1 Å². The molecule has 0 radical (unpaired) electrons. The molecule has 2 aliphatic rings. The standard InChI is InChI=1S/C26H24N6O4/c33-23-13-16(15-31(23)17-7-2-1-3-8-17)24(34)28-22-14-20(21-11-6-12-36-21)30-32(22)26-27-19-10-5-4-9-18(19)25(35)29-26/h1-3,6-8,11-12,14,16H,4-5,9-10,13,15H2,(H,28,34)(H,27,29,35). The Morgan fingerprint density at radius 2 is 1.92 bits per heavy atom. The van der Waals surface area contributed by atoms with Crippen LogP contribution in [0.15, 0.2) is 64.0 Å². The average molecular weight is 485 g/mol. The van der Waals surface area contributed by atoms with Gasteiger partial charge in [0.25, 0.3) is 5.56 Å². The van der Waals surface area contributed by atoms with Gasteiger partial charge in [0.05, 0.1) is 17.9 Å². The second-order valence-electron chi connectivity index (χ2n) is 9.06. The van der Waals surface area contributed by atoms with Crippen LogP contribution in [0.3, 0.4) is 0 Å². The first-order chi connectivity index (χ1) is 17.6. The predicted molar refractivity (Wildman–Crippen MR) is 132 cm³/mol. The van der Waals surface area contributed by atoms with Crippen LogP contribution in [0.25, 0.3) is 17.4 Å². The summed E-state index contributed by atoms with van der Waals surface area (Å²) < 4.78 is 6.90. The molecular formula is C26H24N6O4. The second kappa shape index (κ2) is 8.95. The third-order valence-electron chi connectivity index (χ3n) is 6.68. The number of H-pyrrole nitrogens is 1. The van der Waals surface area contributed by atoms with E-state index in [0.29, 0.717) is 29.3 Å². The number of fused-ring (bicyclic) bond motifs is 1. The van der Waals surface area contributed by atoms with Gasteiger partial charge in [-0.1, -0.05) is 18.2 Å². The van der Waals surface area contributed by atoms with Crippen LogP contribution in [0.1, 0.15) is 30.5 Å². The van der Waals surface area contributed by atoms with Gasteiger partial charge in [-0.2, -0.15) is 9.78 Å². The Hall–Kier alpha value is -4.47. The van der Waals surface area contributed by atoms with E-state index in [0.717, 1.165) is 30.6 Å². The van der Waals surface area contributed by atoms with Gasteiger partial charge in [0.2, 0.25) is 17.8 Å². The van der Waals surface area contributed by atoms with Crippen LogP contribution in [0.4, 0.5) is 11.5 Å². The fraction of sp³-hybridized carbons (Fsp3) is 0.269. The van der Waals surface area contributed by atoms with Crippen molar-refractivity contribution in [3.8, 4) is 17.4 Å². The van der Waals surface area contributed by atoms with E-state index in [1.165, 1.54) is 10.9 Å². The van der Waals surface area contributed by atoms with Crippen LogP contribution in [0.5, 0.6) is 0 Å². The van der Waals surface area contributed by atoms with Gasteiger partial charge >= 0.3 is 0 Å². The number of carbonyl (C=O) groups is 2. The molecule has 0 spiro atoms. The molecule has 1 fully saturated rings. The lowest BCUT2D eigenvalue weighted by Gasteiger charge is -2.17. The second-order valence-corrected chi connectivity index (χ2v) is 9.06. The number of amides is 2. The van der Waals surface area contributed by atoms with E-state index in [1.54, 1.807) is 23.1 Å². The summed E-state index contributed by atoms with van der Waals surface area (Å²) in [5.41, 5.74) is 2.51. The Morgan fingerprint density at radius 1 is 1.08 bits per heavy atom. The number of aromatic amines is 1. The zero-order valence-corrected chi connectivity index (χ0v) is 19.4. The van der Waals surface area contributed by atoms with Crippen molar-refractivity contribution in [3.05, 3.63) is 76.4 Å². The Labute approximate surface area is 206 Å². The average Bonchev–Trinajstić information content (AvgIpc) is 3.65. The summed E-state index contributed by atoms with van der Waals surface area (Å²) in [4.78, 5) is 47.8. The molecule has 36 heavy (non-hydrogen) atoms. The third kappa shape index (κ3) is 4.00. The topological polar surface area (TPSA) is 126 Å². The first-order valence-electron chi connectivity index (χ1n) is 12.0. The van der Waals surface area contributed by atoms with E-state index in [4.69, 9.17) is 4.42 Å². The molecule has 1 aliphatic carbocycles. The summed E-state index contributed by atoms with van der Waals surface area (Å²) >= 11 is 0. The summed E-state index contributed by atoms with van der Waals surface area (Å²) in [7, 11) is 0. The van der Waals surface area contributed by atoms with Crippen molar-refractivity contribution in [1.82, 2.24) is 19.7 Å². The Morgan fingerprint density at radius 3 is 2.72 bits per heavy atom. The maximum Gasteiger partial charge on any atom is 0.255 e. The van der Waals surface area contributed by atoms with Gasteiger partial charge < -0.3 is 14.6 Å². The van der Waals surface area contributed by atoms with Gasteiger partial charge in [-0.15, -0.1) is 0 Å². The summed E-state index contributed by atoms with van der Waals surface area (Å²) in [6.07, 6.45) is 4.99. The van der Waals surface area contributed by atoms with Crippen LogP contribution < -0.4 is 15.8 Å². The number of para-hydroxylation sites is 1. The minimum atomic E-state index is -0.538. The fourth-order valence-corrected chi connectivity index (χ4v) is 4.84. The molecule has 3 aromatic heterocycles. The van der Waals surface area contributed by atoms with Crippen LogP contribution in [-0.2, 0) is 22.4 Å². The minimum absolute atomic E-state index is 0.105. The van der Waals surface area contributed by atoms with Crippen LogP contribution in [-0.4, -0.2) is 38.1 Å². The SMILES string of the molecule is O=C(Nc1cc(-c2ccco2)nn1-c1nc2c(c(=O)[nH]1)CCCC2)C1CC(=O)N(c2ccccc2)C1. The molecule has 0 bridgehead atoms. The van der Waals surface area contributed by atoms with Gasteiger partial charge in [0.1, 0.15) is 11.5 Å². The number of benzene rings is 1. The molecule has 1 aromatic carbocycles. The molecule has 2 amide bonds. The number of rotatable bonds is 5. The molecule has 1 atom stereocenters. The Bertz CT molecular complexity index is 1490. The number of hydrogen-bond acceptors (Lipinski definition) is 6. The lowest BCUT2D eigenvalue weighted by atomic mass is 9.97. The lowest BCUT2D eigenvalue weighted by Crippen LogP contribution is -2.29. The van der Waals surface area contributed by atoms with E-state index < -0.39 is 5.92 Å². The van der Waals surface area contributed by atoms with Crippen LogP contribution in [0.2, 0.25) is 0 Å². The zero-order valence-electron chi connectivity index (χ0n) is 19.4. The molecule has 1 unspecified atom stereocenters. The number of nitrogens with zero attached hydrogens (tertiary/aromatic N) is 4. The molecular weight excluding hydrogens is 460 g/mol. The zero-order chi connectivity index (χ0) is 24.6. The van der Waals surface area contributed by atoms with Gasteiger partial charge in [-0.05, 0) is 49.9 Å². The van der Waals surface area contributed by atoms with E-state index >= 15 is 0 Å². The van der Waals surface area contributed by atoms with Crippen LogP contribution >= 0.6 is 0 Å². The van der Waals surface area contributed by atoms with E-state index in [-0.39, 0.29) is 36.3 Å². The quantitative estimate of drug-likeness (QED) is 0.448. The minimum Gasteiger partial charge on any atom is -0.463 e. The molecule has 1 saturated heterocycles. The van der Waals surface area contributed by atoms with Crippen molar-refractivity contribution in [1.29, 1.82) is 0 Å². The van der Waals surface area contributed by atoms with E-state index in [1.807, 2.05) is 30.3 Å². The fourth-order valence-electron chi connectivity index (χ4n) is 4.84. The molecule has 0 saturated carbocycles. The number of anilines is 2. The number of furan rings is 1. The van der Waals surface area contributed by atoms with Crippen molar-refractivity contribution in [2.75, 3.05) is 16.8 Å². The highest BCUT2D eigenvalue weighted by molar-refractivity contribution is 6.03. The maximum atomic E-state index is 13.3. The molecule has 6 rings (SSSR count). The highest BCUT2D eigenvalue weighted by atomic mass is 16.3. The maximum absolute atomic E-state index is 13.3. The molecule has 10 heteroatoms. The van der Waals surface area contributed by atoms with Crippen molar-refractivity contribution in [2.24, 2.45) is 5.92 Å². The lowest BCUT2D eigenvalue weighted by molar-refractivity contribution is -0.122. The monoisotopic (exact) mass is 484 g/mol. The van der Waals surface area contributed by atoms with Crippen molar-refractivity contribution in [3.63, 3.8) is 0 Å². The molecule has 2 N–H and O–H groups in total. The largest absolute Gasteiger partial charge is 0.463 e. The summed E-state index contributed by atoms with van der Waals surface area (Å²) in [6, 6.07) is 14.5. The number of hydrogen-bond donors (Lipinski definition) is 2. The Balaban J connectivity index is 1.32. The van der Waals surface area contributed by atoms with Gasteiger partial charge in [0, 0.05) is 30.3 Å². The molecule has 1 aliphatic heterocycles. The molecule has 182 valence electrons. The summed E-state index contributed by atoms with van der Waals surface area (Å²) in [5.74, 6) is 0.110. The number of carbonyl (C=O) groups excluding carboxylic acids is 2. The third-order valence-corrected chi connectivity index (χ3v) is 6.68. The molecule has 4 heterocycles.